The molecule has 0 fully saturated rings. The van der Waals surface area contributed by atoms with Crippen LogP contribution in [0.3, 0.4) is 0 Å². The summed E-state index contributed by atoms with van der Waals surface area (Å²) in [6.07, 6.45) is 2.43. The molecule has 25 heavy (non-hydrogen) atoms. The molecule has 0 unspecified atom stereocenters. The van der Waals surface area contributed by atoms with Gasteiger partial charge in [-0.25, -0.2) is 4.98 Å². The zero-order valence-electron chi connectivity index (χ0n) is 14.1. The highest BCUT2D eigenvalue weighted by Crippen LogP contribution is 2.27. The largest absolute Gasteiger partial charge is 0.439 e. The van der Waals surface area contributed by atoms with Crippen LogP contribution in [0, 0.1) is 6.92 Å². The lowest BCUT2D eigenvalue weighted by Gasteiger charge is -2.11. The zero-order chi connectivity index (χ0) is 17.8. The van der Waals surface area contributed by atoms with Crippen molar-refractivity contribution >= 4 is 5.91 Å². The smallest absolute Gasteiger partial charge is 0.248 e. The maximum Gasteiger partial charge on any atom is 0.248 e. The molecule has 0 aliphatic carbocycles. The number of carbonyl (C=O) groups is 1. The minimum Gasteiger partial charge on any atom is -0.439 e. The third-order valence-corrected chi connectivity index (χ3v) is 3.70. The highest BCUT2D eigenvalue weighted by molar-refractivity contribution is 5.93. The molecule has 0 radical (unpaired) electrons. The van der Waals surface area contributed by atoms with Crippen LogP contribution in [-0.2, 0) is 6.42 Å². The molecule has 0 spiro atoms. The maximum absolute atomic E-state index is 11.4. The predicted octanol–water partition coefficient (Wildman–Crippen LogP) is 3.30. The van der Waals surface area contributed by atoms with Gasteiger partial charge in [-0.15, -0.1) is 0 Å². The fraction of sp³-hybridized carbons (Fsp3) is 0.158. The van der Waals surface area contributed by atoms with E-state index in [2.05, 4.69) is 15.0 Å². The number of primary amides is 1. The number of amides is 1. The Labute approximate surface area is 145 Å². The third kappa shape index (κ3) is 3.80. The zero-order valence-corrected chi connectivity index (χ0v) is 14.1. The van der Waals surface area contributed by atoms with E-state index in [0.29, 0.717) is 28.7 Å². The Balaban J connectivity index is 2.00. The second-order valence-corrected chi connectivity index (χ2v) is 5.54. The monoisotopic (exact) mass is 334 g/mol. The lowest BCUT2D eigenvalue weighted by Crippen LogP contribution is -2.11. The number of pyridine rings is 1. The van der Waals surface area contributed by atoms with E-state index < -0.39 is 5.91 Å². The number of nitrogens with two attached hydrogens (primary N) is 1. The summed E-state index contributed by atoms with van der Waals surface area (Å²) in [5.74, 6) is 0.927. The number of rotatable bonds is 5. The summed E-state index contributed by atoms with van der Waals surface area (Å²) in [5, 5.41) is 0. The van der Waals surface area contributed by atoms with Gasteiger partial charge in [0.1, 0.15) is 11.4 Å². The van der Waals surface area contributed by atoms with Gasteiger partial charge in [-0.1, -0.05) is 19.1 Å². The van der Waals surface area contributed by atoms with Gasteiger partial charge in [-0.3, -0.25) is 9.78 Å². The topological polar surface area (TPSA) is 91.0 Å². The van der Waals surface area contributed by atoms with Crippen LogP contribution >= 0.6 is 0 Å². The third-order valence-electron chi connectivity index (χ3n) is 3.70. The summed E-state index contributed by atoms with van der Waals surface area (Å²) in [4.78, 5) is 24.6. The van der Waals surface area contributed by atoms with Crippen molar-refractivity contribution in [3.05, 3.63) is 65.5 Å². The first-order valence-electron chi connectivity index (χ1n) is 7.94. The Morgan fingerprint density at radius 1 is 1.16 bits per heavy atom. The van der Waals surface area contributed by atoms with Gasteiger partial charge in [0, 0.05) is 23.5 Å². The normalized spacial score (nSPS) is 10.5. The molecule has 3 aromatic rings. The average molecular weight is 334 g/mol. The molecule has 1 amide bonds. The lowest BCUT2D eigenvalue weighted by atomic mass is 10.1. The Morgan fingerprint density at radius 2 is 2.00 bits per heavy atom. The van der Waals surface area contributed by atoms with Crippen LogP contribution in [-0.4, -0.2) is 20.9 Å². The molecular formula is C19H18N4O2. The van der Waals surface area contributed by atoms with Crippen LogP contribution in [0.15, 0.2) is 48.7 Å². The number of hydrogen-bond acceptors (Lipinski definition) is 5. The number of benzene rings is 1. The number of aromatic nitrogens is 3. The molecule has 2 heterocycles. The van der Waals surface area contributed by atoms with Crippen molar-refractivity contribution in [3.8, 4) is 23.1 Å². The van der Waals surface area contributed by atoms with Crippen LogP contribution in [0.4, 0.5) is 0 Å². The summed E-state index contributed by atoms with van der Waals surface area (Å²) in [5.41, 5.74) is 8.12. The Kier molecular flexibility index (Phi) is 4.70. The van der Waals surface area contributed by atoms with Gasteiger partial charge in [-0.2, -0.15) is 4.98 Å². The first-order chi connectivity index (χ1) is 12.1. The molecule has 0 bridgehead atoms. The van der Waals surface area contributed by atoms with Gasteiger partial charge >= 0.3 is 0 Å². The predicted molar refractivity (Wildman–Crippen MR) is 94.4 cm³/mol. The van der Waals surface area contributed by atoms with Gasteiger partial charge in [0.2, 0.25) is 11.8 Å². The molecule has 1 aromatic carbocycles. The average Bonchev–Trinajstić information content (AvgIpc) is 2.63. The SMILES string of the molecule is CCc1cc(Oc2cc(C(N)=O)ccc2C)nc(-c2ccccn2)n1. The molecular weight excluding hydrogens is 316 g/mol. The van der Waals surface area contributed by atoms with Crippen LogP contribution in [0.1, 0.15) is 28.5 Å². The minimum atomic E-state index is -0.504. The molecule has 6 nitrogen and oxygen atoms in total. The first kappa shape index (κ1) is 16.6. The van der Waals surface area contributed by atoms with E-state index in [9.17, 15) is 4.79 Å². The van der Waals surface area contributed by atoms with Crippen molar-refractivity contribution in [2.24, 2.45) is 5.73 Å². The van der Waals surface area contributed by atoms with Crippen LogP contribution < -0.4 is 10.5 Å². The van der Waals surface area contributed by atoms with Crippen LogP contribution in [0.2, 0.25) is 0 Å². The highest BCUT2D eigenvalue weighted by Gasteiger charge is 2.11. The fourth-order valence-corrected chi connectivity index (χ4v) is 2.29. The molecule has 0 saturated carbocycles. The van der Waals surface area contributed by atoms with E-state index in [4.69, 9.17) is 10.5 Å². The molecule has 6 heteroatoms. The van der Waals surface area contributed by atoms with Crippen molar-refractivity contribution in [1.29, 1.82) is 0 Å². The van der Waals surface area contributed by atoms with E-state index in [0.717, 1.165) is 17.7 Å². The molecule has 0 saturated heterocycles. The van der Waals surface area contributed by atoms with Gasteiger partial charge in [0.05, 0.1) is 0 Å². The van der Waals surface area contributed by atoms with Crippen molar-refractivity contribution in [2.45, 2.75) is 20.3 Å². The second kappa shape index (κ2) is 7.09. The molecule has 2 N–H and O–H groups in total. The maximum atomic E-state index is 11.4. The van der Waals surface area contributed by atoms with Crippen molar-refractivity contribution < 1.29 is 9.53 Å². The molecule has 0 aliphatic heterocycles. The summed E-state index contributed by atoms with van der Waals surface area (Å²) in [6, 6.07) is 12.4. The fourth-order valence-electron chi connectivity index (χ4n) is 2.29. The van der Waals surface area contributed by atoms with Gasteiger partial charge < -0.3 is 10.5 Å². The number of hydrogen-bond donors (Lipinski definition) is 1. The van der Waals surface area contributed by atoms with E-state index in [1.807, 2.05) is 32.0 Å². The second-order valence-electron chi connectivity index (χ2n) is 5.54. The summed E-state index contributed by atoms with van der Waals surface area (Å²) in [6.45, 7) is 3.90. The lowest BCUT2D eigenvalue weighted by molar-refractivity contribution is 0.1000. The van der Waals surface area contributed by atoms with Crippen molar-refractivity contribution in [3.63, 3.8) is 0 Å². The Morgan fingerprint density at radius 3 is 2.68 bits per heavy atom. The number of aryl methyl sites for hydroxylation is 2. The number of ether oxygens (including phenoxy) is 1. The molecule has 0 aliphatic rings. The Bertz CT molecular complexity index is 911. The summed E-state index contributed by atoms with van der Waals surface area (Å²) < 4.78 is 5.92. The van der Waals surface area contributed by atoms with E-state index in [1.165, 1.54) is 0 Å². The van der Waals surface area contributed by atoms with Gasteiger partial charge in [0.15, 0.2) is 5.82 Å². The quantitative estimate of drug-likeness (QED) is 0.773. The van der Waals surface area contributed by atoms with E-state index in [1.54, 1.807) is 30.5 Å². The standard InChI is InChI=1S/C19H18N4O2/c1-3-14-11-17(23-19(22-14)15-6-4-5-9-21-15)25-16-10-13(18(20)24)8-7-12(16)2/h4-11H,3H2,1-2H3,(H2,20,24). The molecule has 0 atom stereocenters. The molecule has 126 valence electrons. The van der Waals surface area contributed by atoms with E-state index in [-0.39, 0.29) is 0 Å². The minimum absolute atomic E-state index is 0.385. The molecule has 3 rings (SSSR count). The van der Waals surface area contributed by atoms with E-state index >= 15 is 0 Å². The molecule has 2 aromatic heterocycles. The summed E-state index contributed by atoms with van der Waals surface area (Å²) in [7, 11) is 0. The van der Waals surface area contributed by atoms with Crippen molar-refractivity contribution in [2.75, 3.05) is 0 Å². The van der Waals surface area contributed by atoms with Crippen LogP contribution in [0.25, 0.3) is 11.5 Å². The highest BCUT2D eigenvalue weighted by atomic mass is 16.5. The first-order valence-corrected chi connectivity index (χ1v) is 7.94. The Hall–Kier alpha value is -3.28. The van der Waals surface area contributed by atoms with Gasteiger partial charge in [0.25, 0.3) is 0 Å². The number of carbonyl (C=O) groups excluding carboxylic acids is 1. The van der Waals surface area contributed by atoms with Crippen molar-refractivity contribution in [1.82, 2.24) is 15.0 Å². The van der Waals surface area contributed by atoms with Gasteiger partial charge in [-0.05, 0) is 43.2 Å². The summed E-state index contributed by atoms with van der Waals surface area (Å²) >= 11 is 0. The van der Waals surface area contributed by atoms with Crippen LogP contribution in [0.5, 0.6) is 11.6 Å². The number of nitrogens with zero attached hydrogens (tertiary/aromatic N) is 3.